The number of esters is 1. The number of carbonyl (C=O) groups is 2. The number of anilines is 1. The second-order valence-electron chi connectivity index (χ2n) is 3.41. The summed E-state index contributed by atoms with van der Waals surface area (Å²) in [6.07, 6.45) is -0.402. The average molecular weight is 266 g/mol. The lowest BCUT2D eigenvalue weighted by atomic mass is 10.1. The van der Waals surface area contributed by atoms with Crippen molar-refractivity contribution in [2.45, 2.75) is 6.42 Å². The summed E-state index contributed by atoms with van der Waals surface area (Å²) < 4.78 is 22.7. The van der Waals surface area contributed by atoms with Crippen molar-refractivity contribution < 1.29 is 23.5 Å². The highest BCUT2D eigenvalue weighted by atomic mass is 19.1. The Morgan fingerprint density at radius 1 is 1.42 bits per heavy atom. The Morgan fingerprint density at radius 2 is 2.11 bits per heavy atom. The predicted octanol–water partition coefficient (Wildman–Crippen LogP) is 1.47. The van der Waals surface area contributed by atoms with E-state index >= 15 is 0 Å². The zero-order valence-electron chi connectivity index (χ0n) is 10.3. The Bertz CT molecular complexity index is 551. The van der Waals surface area contributed by atoms with Crippen LogP contribution in [0.4, 0.5) is 10.1 Å². The van der Waals surface area contributed by atoms with Crippen LogP contribution < -0.4 is 10.1 Å². The highest BCUT2D eigenvalue weighted by Crippen LogP contribution is 2.30. The fourth-order valence-corrected chi connectivity index (χ4v) is 1.40. The number of benzene rings is 1. The molecular formula is C12H11FN2O4. The van der Waals surface area contributed by atoms with E-state index in [1.807, 2.05) is 0 Å². The molecule has 0 bridgehead atoms. The van der Waals surface area contributed by atoms with Crippen LogP contribution >= 0.6 is 0 Å². The monoisotopic (exact) mass is 266 g/mol. The molecule has 1 aromatic carbocycles. The maximum Gasteiger partial charge on any atom is 0.340 e. The van der Waals surface area contributed by atoms with E-state index in [4.69, 9.17) is 10.00 Å². The second kappa shape index (κ2) is 6.35. The van der Waals surface area contributed by atoms with Crippen LogP contribution in [0.15, 0.2) is 12.1 Å². The molecule has 0 aliphatic rings. The average Bonchev–Trinajstić information content (AvgIpc) is 2.39. The van der Waals surface area contributed by atoms with Gasteiger partial charge in [0, 0.05) is 6.07 Å². The predicted molar refractivity (Wildman–Crippen MR) is 63.2 cm³/mol. The summed E-state index contributed by atoms with van der Waals surface area (Å²) in [6, 6.07) is 3.58. The Labute approximate surface area is 108 Å². The third-order valence-corrected chi connectivity index (χ3v) is 2.20. The Hall–Kier alpha value is -2.62. The normalized spacial score (nSPS) is 9.37. The van der Waals surface area contributed by atoms with Crippen molar-refractivity contribution in [3.63, 3.8) is 0 Å². The van der Waals surface area contributed by atoms with Crippen molar-refractivity contribution >= 4 is 17.6 Å². The molecule has 1 aromatic rings. The Morgan fingerprint density at radius 3 is 2.63 bits per heavy atom. The molecule has 0 heterocycles. The first-order valence-corrected chi connectivity index (χ1v) is 5.16. The van der Waals surface area contributed by atoms with Gasteiger partial charge in [-0.1, -0.05) is 0 Å². The van der Waals surface area contributed by atoms with Gasteiger partial charge in [-0.3, -0.25) is 4.79 Å². The zero-order valence-corrected chi connectivity index (χ0v) is 10.3. The van der Waals surface area contributed by atoms with Crippen molar-refractivity contribution in [3.8, 4) is 11.8 Å². The highest BCUT2D eigenvalue weighted by Gasteiger charge is 2.20. The molecule has 0 saturated carbocycles. The van der Waals surface area contributed by atoms with Crippen molar-refractivity contribution in [2.75, 3.05) is 19.5 Å². The minimum Gasteiger partial charge on any atom is -0.494 e. The van der Waals surface area contributed by atoms with E-state index in [-0.39, 0.29) is 17.0 Å². The zero-order chi connectivity index (χ0) is 14.4. The molecule has 7 heteroatoms. The van der Waals surface area contributed by atoms with Gasteiger partial charge in [0.1, 0.15) is 18.0 Å². The van der Waals surface area contributed by atoms with Gasteiger partial charge in [-0.2, -0.15) is 5.26 Å². The fraction of sp³-hybridized carbons (Fsp3) is 0.250. The van der Waals surface area contributed by atoms with Gasteiger partial charge in [-0.15, -0.1) is 0 Å². The first-order chi connectivity index (χ1) is 9.03. The number of amides is 1. The third-order valence-electron chi connectivity index (χ3n) is 2.20. The molecule has 0 aliphatic heterocycles. The number of nitrogens with zero attached hydrogens (tertiary/aromatic N) is 1. The van der Waals surface area contributed by atoms with Crippen LogP contribution in [0.5, 0.6) is 5.75 Å². The van der Waals surface area contributed by atoms with E-state index in [0.29, 0.717) is 0 Å². The number of rotatable bonds is 4. The van der Waals surface area contributed by atoms with Gasteiger partial charge in [0.15, 0.2) is 0 Å². The number of hydrogen-bond donors (Lipinski definition) is 1. The first-order valence-electron chi connectivity index (χ1n) is 5.16. The lowest BCUT2D eigenvalue weighted by Gasteiger charge is -2.13. The number of hydrogen-bond acceptors (Lipinski definition) is 5. The molecular weight excluding hydrogens is 255 g/mol. The van der Waals surface area contributed by atoms with Crippen LogP contribution in [-0.4, -0.2) is 26.1 Å². The van der Waals surface area contributed by atoms with Crippen molar-refractivity contribution in [1.29, 1.82) is 5.26 Å². The van der Waals surface area contributed by atoms with Crippen molar-refractivity contribution in [1.82, 2.24) is 0 Å². The van der Waals surface area contributed by atoms with Gasteiger partial charge < -0.3 is 14.8 Å². The summed E-state index contributed by atoms with van der Waals surface area (Å²) in [7, 11) is 2.39. The number of ether oxygens (including phenoxy) is 2. The van der Waals surface area contributed by atoms with Gasteiger partial charge in [-0.05, 0) is 6.07 Å². The van der Waals surface area contributed by atoms with Crippen LogP contribution in [0.3, 0.4) is 0 Å². The Kier molecular flexibility index (Phi) is 4.83. The minimum absolute atomic E-state index is 0.0315. The van der Waals surface area contributed by atoms with Gasteiger partial charge in [0.2, 0.25) is 5.91 Å². The number of halogens is 1. The number of carbonyl (C=O) groups excluding carboxylic acids is 2. The van der Waals surface area contributed by atoms with Gasteiger partial charge in [-0.25, -0.2) is 9.18 Å². The highest BCUT2D eigenvalue weighted by molar-refractivity contribution is 6.03. The SMILES string of the molecule is COC(=O)c1cc(F)cc(OC)c1NC(=O)CC#N. The van der Waals surface area contributed by atoms with Crippen LogP contribution in [0.25, 0.3) is 0 Å². The van der Waals surface area contributed by atoms with Gasteiger partial charge in [0.05, 0.1) is 31.5 Å². The first kappa shape index (κ1) is 14.4. The minimum atomic E-state index is -0.829. The summed E-state index contributed by atoms with van der Waals surface area (Å²) in [5, 5.41) is 10.7. The van der Waals surface area contributed by atoms with Gasteiger partial charge >= 0.3 is 5.97 Å². The van der Waals surface area contributed by atoms with E-state index < -0.39 is 24.1 Å². The molecule has 0 unspecified atom stereocenters. The topological polar surface area (TPSA) is 88.4 Å². The lowest BCUT2D eigenvalue weighted by Crippen LogP contribution is -2.16. The van der Waals surface area contributed by atoms with Crippen molar-refractivity contribution in [2.24, 2.45) is 0 Å². The summed E-state index contributed by atoms with van der Waals surface area (Å²) in [4.78, 5) is 22.9. The third kappa shape index (κ3) is 3.42. The standard InChI is InChI=1S/C12H11FN2O4/c1-18-9-6-7(13)5-8(12(17)19-2)11(9)15-10(16)3-4-14/h5-6H,3H2,1-2H3,(H,15,16). The van der Waals surface area contributed by atoms with E-state index in [2.05, 4.69) is 10.1 Å². The summed E-state index contributed by atoms with van der Waals surface area (Å²) in [6.45, 7) is 0. The smallest absolute Gasteiger partial charge is 0.340 e. The summed E-state index contributed by atoms with van der Waals surface area (Å²) in [5.41, 5.74) is -0.221. The molecule has 0 aromatic heterocycles. The molecule has 100 valence electrons. The van der Waals surface area contributed by atoms with Crippen LogP contribution in [0, 0.1) is 17.1 Å². The molecule has 0 saturated heterocycles. The molecule has 0 radical (unpaired) electrons. The second-order valence-corrected chi connectivity index (χ2v) is 3.41. The van der Waals surface area contributed by atoms with Crippen LogP contribution in [0.2, 0.25) is 0 Å². The van der Waals surface area contributed by atoms with E-state index in [1.54, 1.807) is 6.07 Å². The molecule has 0 atom stereocenters. The van der Waals surface area contributed by atoms with Crippen LogP contribution in [0.1, 0.15) is 16.8 Å². The molecule has 0 spiro atoms. The maximum absolute atomic E-state index is 13.3. The molecule has 0 fully saturated rings. The largest absolute Gasteiger partial charge is 0.494 e. The summed E-state index contributed by atoms with van der Waals surface area (Å²) >= 11 is 0. The van der Waals surface area contributed by atoms with E-state index in [0.717, 1.165) is 19.2 Å². The van der Waals surface area contributed by atoms with E-state index in [9.17, 15) is 14.0 Å². The molecule has 19 heavy (non-hydrogen) atoms. The van der Waals surface area contributed by atoms with Crippen LogP contribution in [-0.2, 0) is 9.53 Å². The quantitative estimate of drug-likeness (QED) is 0.834. The lowest BCUT2D eigenvalue weighted by molar-refractivity contribution is -0.115. The molecule has 0 aliphatic carbocycles. The fourth-order valence-electron chi connectivity index (χ4n) is 1.40. The maximum atomic E-state index is 13.3. The van der Waals surface area contributed by atoms with E-state index in [1.165, 1.54) is 7.11 Å². The van der Waals surface area contributed by atoms with Gasteiger partial charge in [0.25, 0.3) is 0 Å². The number of methoxy groups -OCH3 is 2. The molecule has 1 amide bonds. The summed E-state index contributed by atoms with van der Waals surface area (Å²) in [5.74, 6) is -2.22. The number of nitriles is 1. The van der Waals surface area contributed by atoms with Crippen molar-refractivity contribution in [3.05, 3.63) is 23.5 Å². The number of nitrogens with one attached hydrogen (secondary N) is 1. The Balaban J connectivity index is 3.28. The molecule has 6 nitrogen and oxygen atoms in total. The molecule has 1 N–H and O–H groups in total. The molecule has 1 rings (SSSR count).